The molecule has 0 unspecified atom stereocenters. The van der Waals surface area contributed by atoms with Crippen molar-refractivity contribution in [2.24, 2.45) is 0 Å². The minimum Gasteiger partial charge on any atom is -0.660 e. The summed E-state index contributed by atoms with van der Waals surface area (Å²) < 4.78 is 28.8. The Bertz CT molecular complexity index is 97.6. The molecule has 0 aromatic heterocycles. The van der Waals surface area contributed by atoms with E-state index in [0.717, 1.165) is 52.4 Å². The molecule has 17 heavy (non-hydrogen) atoms. The van der Waals surface area contributed by atoms with Gasteiger partial charge in [-0.1, -0.05) is 0 Å². The van der Waals surface area contributed by atoms with Gasteiger partial charge in [0, 0.05) is 26.2 Å². The largest absolute Gasteiger partial charge is 2.00 e. The molecule has 0 atom stereocenters. The minimum atomic E-state index is -3.08. The maximum absolute atomic E-state index is 9.58. The molecule has 1 aliphatic rings. The minimum absolute atomic E-state index is 0. The molecule has 0 spiro atoms. The predicted molar refractivity (Wildman–Crippen MR) is 58.3 cm³/mol. The molecule has 0 radical (unpaired) electrons. The Labute approximate surface area is 115 Å². The molecular formula is C9H19F3N4Ti. The van der Waals surface area contributed by atoms with Crippen molar-refractivity contribution in [1.82, 2.24) is 16.0 Å². The molecule has 0 aromatic rings. The van der Waals surface area contributed by atoms with Crippen LogP contribution in [0.3, 0.4) is 0 Å². The summed E-state index contributed by atoms with van der Waals surface area (Å²) in [6, 6.07) is 0. The van der Waals surface area contributed by atoms with Gasteiger partial charge in [0.2, 0.25) is 0 Å². The second-order valence-corrected chi connectivity index (χ2v) is 3.14. The van der Waals surface area contributed by atoms with Crippen LogP contribution in [0.25, 0.3) is 5.32 Å². The van der Waals surface area contributed by atoms with Gasteiger partial charge < -0.3 is 34.4 Å². The van der Waals surface area contributed by atoms with Crippen LogP contribution in [0.4, 0.5) is 13.2 Å². The van der Waals surface area contributed by atoms with Crippen molar-refractivity contribution in [3.8, 4) is 0 Å². The van der Waals surface area contributed by atoms with Gasteiger partial charge in [-0.05, 0) is 13.1 Å². The van der Waals surface area contributed by atoms with Gasteiger partial charge in [-0.15, -0.1) is 13.1 Å². The molecule has 1 rings (SSSR count). The summed E-state index contributed by atoms with van der Waals surface area (Å²) in [6.07, 6.45) is 0. The molecular weight excluding hydrogens is 269 g/mol. The topological polar surface area (TPSA) is 50.2 Å². The molecule has 8 heteroatoms. The summed E-state index contributed by atoms with van der Waals surface area (Å²) in [7, 11) is 0. The van der Waals surface area contributed by atoms with E-state index < -0.39 is 6.68 Å². The zero-order chi connectivity index (χ0) is 12.1. The second kappa shape index (κ2) is 16.3. The van der Waals surface area contributed by atoms with Crippen LogP contribution in [-0.2, 0) is 21.7 Å². The molecule has 1 aliphatic heterocycles. The SMILES string of the molecule is C1CNCCNCCNCC[N-]1.F[C-](F)F.[Ti+2]. The van der Waals surface area contributed by atoms with Crippen molar-refractivity contribution in [2.75, 3.05) is 52.4 Å². The number of hydrogen-bond acceptors (Lipinski definition) is 3. The third kappa shape index (κ3) is 22.1. The molecule has 3 N–H and O–H groups in total. The maximum atomic E-state index is 9.58. The summed E-state index contributed by atoms with van der Waals surface area (Å²) in [4.78, 5) is 0. The van der Waals surface area contributed by atoms with E-state index in [9.17, 15) is 13.2 Å². The van der Waals surface area contributed by atoms with Crippen molar-refractivity contribution in [1.29, 1.82) is 0 Å². The first kappa shape index (κ1) is 19.7. The zero-order valence-electron chi connectivity index (χ0n) is 9.74. The number of rotatable bonds is 0. The average Bonchev–Trinajstić information content (AvgIpc) is 2.17. The van der Waals surface area contributed by atoms with Gasteiger partial charge in [0.1, 0.15) is 0 Å². The van der Waals surface area contributed by atoms with E-state index in [2.05, 4.69) is 21.3 Å². The van der Waals surface area contributed by atoms with Crippen molar-refractivity contribution in [3.63, 3.8) is 0 Å². The number of nitrogens with zero attached hydrogens (tertiary/aromatic N) is 1. The van der Waals surface area contributed by atoms with Crippen LogP contribution >= 0.6 is 0 Å². The molecule has 0 saturated carbocycles. The molecule has 0 aliphatic carbocycles. The molecule has 100 valence electrons. The summed E-state index contributed by atoms with van der Waals surface area (Å²) in [5.74, 6) is 0. The number of nitrogens with one attached hydrogen (secondary N) is 3. The molecule has 0 aromatic carbocycles. The van der Waals surface area contributed by atoms with Gasteiger partial charge in [-0.2, -0.15) is 0 Å². The maximum Gasteiger partial charge on any atom is 2.00 e. The third-order valence-corrected chi connectivity index (χ3v) is 1.85. The standard InChI is InChI=1S/C8H19N4.CF3.Ti/c1-2-10-5-6-12-8-7-11-4-3-9-1;2-1(3)4;/h9-11H,1-8H2;;/q2*-1;+2. The molecule has 1 heterocycles. The normalized spacial score (nSPS) is 19.1. The van der Waals surface area contributed by atoms with E-state index in [1.165, 1.54) is 0 Å². The first-order valence-electron chi connectivity index (χ1n) is 5.32. The fourth-order valence-electron chi connectivity index (χ4n) is 1.16. The summed E-state index contributed by atoms with van der Waals surface area (Å²) in [5.41, 5.74) is 0. The third-order valence-electron chi connectivity index (χ3n) is 1.85. The zero-order valence-corrected chi connectivity index (χ0v) is 11.3. The molecule has 4 nitrogen and oxygen atoms in total. The van der Waals surface area contributed by atoms with E-state index in [0.29, 0.717) is 0 Å². The van der Waals surface area contributed by atoms with Crippen LogP contribution in [0.1, 0.15) is 0 Å². The fraction of sp³-hybridized carbons (Fsp3) is 0.889. The van der Waals surface area contributed by atoms with E-state index in [-0.39, 0.29) is 21.7 Å². The van der Waals surface area contributed by atoms with Crippen molar-refractivity contribution < 1.29 is 34.9 Å². The van der Waals surface area contributed by atoms with Gasteiger partial charge in [-0.25, -0.2) is 0 Å². The van der Waals surface area contributed by atoms with E-state index in [4.69, 9.17) is 0 Å². The van der Waals surface area contributed by atoms with Gasteiger partial charge in [0.15, 0.2) is 6.68 Å². The summed E-state index contributed by atoms with van der Waals surface area (Å²) >= 11 is 0. The van der Waals surface area contributed by atoms with E-state index >= 15 is 0 Å². The van der Waals surface area contributed by atoms with Crippen LogP contribution in [0.15, 0.2) is 0 Å². The Hall–Kier alpha value is 0.344. The smallest absolute Gasteiger partial charge is 0.660 e. The first-order chi connectivity index (χ1) is 7.73. The average molecular weight is 288 g/mol. The Balaban J connectivity index is 0. The molecule has 0 bridgehead atoms. The van der Waals surface area contributed by atoms with Crippen molar-refractivity contribution in [2.45, 2.75) is 0 Å². The fourth-order valence-corrected chi connectivity index (χ4v) is 1.16. The summed E-state index contributed by atoms with van der Waals surface area (Å²) in [6.45, 7) is 5.06. The quantitative estimate of drug-likeness (QED) is 0.449. The van der Waals surface area contributed by atoms with Crippen molar-refractivity contribution in [3.05, 3.63) is 12.0 Å². The van der Waals surface area contributed by atoms with Crippen LogP contribution < -0.4 is 16.0 Å². The van der Waals surface area contributed by atoms with E-state index in [1.54, 1.807) is 0 Å². The number of hydrogen-bond donors (Lipinski definition) is 3. The van der Waals surface area contributed by atoms with Crippen LogP contribution in [0.2, 0.25) is 0 Å². The van der Waals surface area contributed by atoms with Gasteiger partial charge >= 0.3 is 21.7 Å². The van der Waals surface area contributed by atoms with Gasteiger partial charge in [-0.3, -0.25) is 0 Å². The first-order valence-corrected chi connectivity index (χ1v) is 5.32. The number of halogens is 3. The Kier molecular flexibility index (Phi) is 18.9. The Morgan fingerprint density at radius 2 is 1.00 bits per heavy atom. The Morgan fingerprint density at radius 3 is 1.35 bits per heavy atom. The van der Waals surface area contributed by atoms with E-state index in [1.807, 2.05) is 0 Å². The predicted octanol–water partition coefficient (Wildman–Crippen LogP) is 0.482. The van der Waals surface area contributed by atoms with Crippen LogP contribution in [0, 0.1) is 6.68 Å². The van der Waals surface area contributed by atoms with Gasteiger partial charge in [0.05, 0.1) is 0 Å². The molecule has 1 fully saturated rings. The van der Waals surface area contributed by atoms with Crippen LogP contribution in [0.5, 0.6) is 0 Å². The molecule has 1 saturated heterocycles. The van der Waals surface area contributed by atoms with Crippen LogP contribution in [-0.4, -0.2) is 52.4 Å². The molecule has 0 amide bonds. The second-order valence-electron chi connectivity index (χ2n) is 3.14. The monoisotopic (exact) mass is 288 g/mol. The van der Waals surface area contributed by atoms with Crippen molar-refractivity contribution >= 4 is 0 Å². The Morgan fingerprint density at radius 1 is 0.706 bits per heavy atom. The van der Waals surface area contributed by atoms with Gasteiger partial charge in [0.25, 0.3) is 0 Å². The summed E-state index contributed by atoms with van der Waals surface area (Å²) in [5, 5.41) is 14.4.